The molecule has 0 fully saturated rings. The Morgan fingerprint density at radius 1 is 1.31 bits per heavy atom. The van der Waals surface area contributed by atoms with Crippen LogP contribution in [0, 0.1) is 6.92 Å². The largest absolute Gasteiger partial charge is 0.397 e. The van der Waals surface area contributed by atoms with Crippen molar-refractivity contribution in [2.75, 3.05) is 5.73 Å². The lowest BCUT2D eigenvalue weighted by Crippen LogP contribution is -1.91. The smallest absolute Gasteiger partial charge is 0.170 e. The number of rotatable bonds is 1. The molecular weight excluding hydrogens is 168 g/mol. The number of hydrogen-bond acceptors (Lipinski definition) is 5. The number of nitrogens with two attached hydrogens (primary N) is 1. The minimum Gasteiger partial charge on any atom is -0.397 e. The predicted octanol–water partition coefficient (Wildman–Crippen LogP) is 1.02. The summed E-state index contributed by atoms with van der Waals surface area (Å²) in [5.74, 6) is 0.616. The maximum atomic E-state index is 5.67. The van der Waals surface area contributed by atoms with E-state index in [1.165, 1.54) is 6.20 Å². The molecule has 0 radical (unpaired) electrons. The molecule has 2 rings (SSSR count). The first-order valence-electron chi connectivity index (χ1n) is 3.77. The Labute approximate surface area is 74.6 Å². The van der Waals surface area contributed by atoms with E-state index in [-0.39, 0.29) is 0 Å². The molecule has 0 atom stereocenters. The van der Waals surface area contributed by atoms with Gasteiger partial charge in [0.25, 0.3) is 0 Å². The average molecular weight is 176 g/mol. The predicted molar refractivity (Wildman–Crippen MR) is 46.7 cm³/mol. The summed E-state index contributed by atoms with van der Waals surface area (Å²) in [7, 11) is 0. The molecule has 66 valence electrons. The SMILES string of the molecule is Cc1cc(-c2cnncc2N)on1. The van der Waals surface area contributed by atoms with Gasteiger partial charge >= 0.3 is 0 Å². The number of aryl methyl sites for hydroxylation is 1. The molecule has 2 aromatic heterocycles. The van der Waals surface area contributed by atoms with Crippen LogP contribution in [0.1, 0.15) is 5.69 Å². The molecule has 2 N–H and O–H groups in total. The molecule has 0 spiro atoms. The average Bonchev–Trinajstić information content (AvgIpc) is 2.53. The number of anilines is 1. The van der Waals surface area contributed by atoms with Gasteiger partial charge in [0.15, 0.2) is 5.76 Å². The molecule has 13 heavy (non-hydrogen) atoms. The van der Waals surface area contributed by atoms with Gasteiger partial charge in [0.2, 0.25) is 0 Å². The van der Waals surface area contributed by atoms with Crippen molar-refractivity contribution in [2.45, 2.75) is 6.92 Å². The highest BCUT2D eigenvalue weighted by Crippen LogP contribution is 2.23. The van der Waals surface area contributed by atoms with Crippen LogP contribution in [0.3, 0.4) is 0 Å². The van der Waals surface area contributed by atoms with E-state index in [1.807, 2.05) is 6.92 Å². The van der Waals surface area contributed by atoms with Gasteiger partial charge < -0.3 is 10.3 Å². The Balaban J connectivity index is 2.52. The number of nitrogen functional groups attached to an aromatic ring is 1. The molecule has 2 heterocycles. The normalized spacial score (nSPS) is 10.2. The van der Waals surface area contributed by atoms with E-state index in [1.54, 1.807) is 12.3 Å². The van der Waals surface area contributed by atoms with Gasteiger partial charge in [-0.2, -0.15) is 10.2 Å². The van der Waals surface area contributed by atoms with Crippen LogP contribution in [0.4, 0.5) is 5.69 Å². The molecule has 0 amide bonds. The molecule has 0 aliphatic carbocycles. The third-order valence-corrected chi connectivity index (χ3v) is 1.65. The Morgan fingerprint density at radius 2 is 2.08 bits per heavy atom. The minimum absolute atomic E-state index is 0.533. The first kappa shape index (κ1) is 7.72. The monoisotopic (exact) mass is 176 g/mol. The van der Waals surface area contributed by atoms with Crippen LogP contribution in [0.25, 0.3) is 11.3 Å². The topological polar surface area (TPSA) is 77.8 Å². The standard InChI is InChI=1S/C8H8N4O/c1-5-2-8(13-12-5)6-3-10-11-4-7(6)9/h2-4H,1H3,(H2,9,10). The summed E-state index contributed by atoms with van der Waals surface area (Å²) >= 11 is 0. The van der Waals surface area contributed by atoms with Gasteiger partial charge in [-0.15, -0.1) is 0 Å². The van der Waals surface area contributed by atoms with Crippen LogP contribution >= 0.6 is 0 Å². The summed E-state index contributed by atoms with van der Waals surface area (Å²) < 4.78 is 5.03. The third-order valence-electron chi connectivity index (χ3n) is 1.65. The summed E-state index contributed by atoms with van der Waals surface area (Å²) in [4.78, 5) is 0. The lowest BCUT2D eigenvalue weighted by Gasteiger charge is -1.96. The Kier molecular flexibility index (Phi) is 1.70. The van der Waals surface area contributed by atoms with E-state index in [9.17, 15) is 0 Å². The van der Waals surface area contributed by atoms with Gasteiger partial charge in [-0.25, -0.2) is 0 Å². The molecule has 0 bridgehead atoms. The van der Waals surface area contributed by atoms with Gasteiger partial charge in [0.1, 0.15) is 0 Å². The molecule has 0 saturated heterocycles. The Hall–Kier alpha value is -1.91. The molecule has 0 aliphatic rings. The summed E-state index contributed by atoms with van der Waals surface area (Å²) in [5, 5.41) is 11.1. The first-order chi connectivity index (χ1) is 6.27. The zero-order valence-electron chi connectivity index (χ0n) is 7.06. The Bertz CT molecular complexity index is 424. The van der Waals surface area contributed by atoms with Crippen LogP contribution in [-0.2, 0) is 0 Å². The van der Waals surface area contributed by atoms with E-state index in [4.69, 9.17) is 10.3 Å². The molecule has 2 aromatic rings. The zero-order chi connectivity index (χ0) is 9.26. The van der Waals surface area contributed by atoms with Crippen molar-refractivity contribution in [3.05, 3.63) is 24.2 Å². The molecule has 0 unspecified atom stereocenters. The summed E-state index contributed by atoms with van der Waals surface area (Å²) in [6.45, 7) is 1.85. The van der Waals surface area contributed by atoms with Crippen LogP contribution < -0.4 is 5.73 Å². The number of nitrogens with zero attached hydrogens (tertiary/aromatic N) is 3. The van der Waals surface area contributed by atoms with Crippen molar-refractivity contribution in [1.82, 2.24) is 15.4 Å². The van der Waals surface area contributed by atoms with Crippen molar-refractivity contribution in [3.63, 3.8) is 0 Å². The molecule has 5 heteroatoms. The zero-order valence-corrected chi connectivity index (χ0v) is 7.06. The van der Waals surface area contributed by atoms with Crippen molar-refractivity contribution < 1.29 is 4.52 Å². The second-order valence-electron chi connectivity index (χ2n) is 2.69. The van der Waals surface area contributed by atoms with Crippen molar-refractivity contribution in [1.29, 1.82) is 0 Å². The third kappa shape index (κ3) is 1.35. The number of hydrogen-bond donors (Lipinski definition) is 1. The summed E-state index contributed by atoms with van der Waals surface area (Å²) in [6.07, 6.45) is 3.03. The number of aromatic nitrogens is 3. The van der Waals surface area contributed by atoms with Gasteiger partial charge in [-0.1, -0.05) is 5.16 Å². The maximum Gasteiger partial charge on any atom is 0.170 e. The van der Waals surface area contributed by atoms with E-state index in [0.717, 1.165) is 11.3 Å². The van der Waals surface area contributed by atoms with Crippen molar-refractivity contribution in [3.8, 4) is 11.3 Å². The lowest BCUT2D eigenvalue weighted by molar-refractivity contribution is 0.427. The van der Waals surface area contributed by atoms with Crippen molar-refractivity contribution >= 4 is 5.69 Å². The second kappa shape index (κ2) is 2.85. The fourth-order valence-corrected chi connectivity index (χ4v) is 1.03. The van der Waals surface area contributed by atoms with Crippen LogP contribution in [0.15, 0.2) is 23.0 Å². The van der Waals surface area contributed by atoms with Crippen LogP contribution in [0.2, 0.25) is 0 Å². The maximum absolute atomic E-state index is 5.67. The lowest BCUT2D eigenvalue weighted by atomic mass is 10.2. The van der Waals surface area contributed by atoms with E-state index < -0.39 is 0 Å². The fourth-order valence-electron chi connectivity index (χ4n) is 1.03. The van der Waals surface area contributed by atoms with Crippen LogP contribution in [-0.4, -0.2) is 15.4 Å². The highest BCUT2D eigenvalue weighted by Gasteiger charge is 2.07. The summed E-state index contributed by atoms with van der Waals surface area (Å²) in [6, 6.07) is 1.80. The summed E-state index contributed by atoms with van der Waals surface area (Å²) in [5.41, 5.74) is 7.73. The van der Waals surface area contributed by atoms with E-state index in [2.05, 4.69) is 15.4 Å². The highest BCUT2D eigenvalue weighted by molar-refractivity contribution is 5.70. The molecular formula is C8H8N4O. The minimum atomic E-state index is 0.533. The molecule has 0 aromatic carbocycles. The quantitative estimate of drug-likeness (QED) is 0.701. The fraction of sp³-hybridized carbons (Fsp3) is 0.125. The molecule has 5 nitrogen and oxygen atoms in total. The van der Waals surface area contributed by atoms with Crippen LogP contribution in [0.5, 0.6) is 0 Å². The van der Waals surface area contributed by atoms with Gasteiger partial charge in [-0.3, -0.25) is 0 Å². The molecule has 0 aliphatic heterocycles. The highest BCUT2D eigenvalue weighted by atomic mass is 16.5. The van der Waals surface area contributed by atoms with Crippen molar-refractivity contribution in [2.24, 2.45) is 0 Å². The van der Waals surface area contributed by atoms with Gasteiger partial charge in [0.05, 0.1) is 29.3 Å². The second-order valence-corrected chi connectivity index (χ2v) is 2.69. The van der Waals surface area contributed by atoms with Gasteiger partial charge in [-0.05, 0) is 6.92 Å². The van der Waals surface area contributed by atoms with Gasteiger partial charge in [0, 0.05) is 6.07 Å². The van der Waals surface area contributed by atoms with E-state index >= 15 is 0 Å². The first-order valence-corrected chi connectivity index (χ1v) is 3.77. The molecule has 0 saturated carbocycles. The van der Waals surface area contributed by atoms with E-state index in [0.29, 0.717) is 11.4 Å². The Morgan fingerprint density at radius 3 is 2.69 bits per heavy atom.